The van der Waals surface area contributed by atoms with Crippen LogP contribution in [0.4, 0.5) is 4.79 Å². The van der Waals surface area contributed by atoms with Crippen molar-refractivity contribution in [2.75, 3.05) is 39.9 Å². The van der Waals surface area contributed by atoms with Gasteiger partial charge in [-0.05, 0) is 64.3 Å². The number of rotatable bonds is 7. The van der Waals surface area contributed by atoms with E-state index in [9.17, 15) is 19.2 Å². The molecule has 0 bridgehead atoms. The molecule has 3 amide bonds. The summed E-state index contributed by atoms with van der Waals surface area (Å²) in [4.78, 5) is 59.2. The van der Waals surface area contributed by atoms with E-state index in [0.29, 0.717) is 24.5 Å². The number of ether oxygens (including phenoxy) is 3. The number of fused-ring (bicyclic) bond motifs is 1. The van der Waals surface area contributed by atoms with Gasteiger partial charge in [0.25, 0.3) is 0 Å². The molecule has 2 fully saturated rings. The summed E-state index contributed by atoms with van der Waals surface area (Å²) >= 11 is 0. The monoisotopic (exact) mass is 541 g/mol. The second-order valence-corrected chi connectivity index (χ2v) is 11.3. The summed E-state index contributed by atoms with van der Waals surface area (Å²) in [6, 6.07) is 7.33. The van der Waals surface area contributed by atoms with Crippen molar-refractivity contribution in [2.24, 2.45) is 11.3 Å². The van der Waals surface area contributed by atoms with Crippen LogP contribution in [-0.2, 0) is 30.4 Å². The van der Waals surface area contributed by atoms with Crippen LogP contribution >= 0.6 is 0 Å². The van der Waals surface area contributed by atoms with E-state index in [1.165, 1.54) is 4.90 Å². The number of likely N-dealkylation sites (tertiary alicyclic amines) is 2. The number of methoxy groups -OCH3 is 1. The summed E-state index contributed by atoms with van der Waals surface area (Å²) in [6.45, 7) is 8.61. The summed E-state index contributed by atoms with van der Waals surface area (Å²) in [7, 11) is 1.58. The fourth-order valence-corrected chi connectivity index (χ4v) is 5.63. The summed E-state index contributed by atoms with van der Waals surface area (Å²) in [6.07, 6.45) is 2.82. The van der Waals surface area contributed by atoms with Crippen LogP contribution in [0, 0.1) is 11.3 Å². The first-order valence-electron chi connectivity index (χ1n) is 13.6. The minimum Gasteiger partial charge on any atom is -0.497 e. The number of benzene rings is 1. The van der Waals surface area contributed by atoms with Crippen LogP contribution in [0.1, 0.15) is 52.5 Å². The lowest BCUT2D eigenvalue weighted by molar-refractivity contribution is -0.159. The molecule has 10 heteroatoms. The van der Waals surface area contributed by atoms with Crippen molar-refractivity contribution < 1.29 is 33.4 Å². The molecule has 0 unspecified atom stereocenters. The van der Waals surface area contributed by atoms with Crippen molar-refractivity contribution in [3.8, 4) is 5.75 Å². The van der Waals surface area contributed by atoms with Crippen LogP contribution in [0.3, 0.4) is 0 Å². The highest BCUT2D eigenvalue weighted by Gasteiger charge is 2.64. The van der Waals surface area contributed by atoms with Crippen molar-refractivity contribution >= 4 is 23.9 Å². The number of carbonyl (C=O) groups is 4. The maximum absolute atomic E-state index is 14.1. The second kappa shape index (κ2) is 11.3. The molecule has 1 aromatic carbocycles. The molecule has 10 nitrogen and oxygen atoms in total. The smallest absolute Gasteiger partial charge is 0.410 e. The van der Waals surface area contributed by atoms with Gasteiger partial charge in [-0.3, -0.25) is 14.4 Å². The lowest BCUT2D eigenvalue weighted by Gasteiger charge is -2.41. The van der Waals surface area contributed by atoms with Crippen LogP contribution in [0.15, 0.2) is 36.0 Å². The minimum atomic E-state index is -1.52. The Bertz CT molecular complexity index is 1130. The molecule has 2 atom stereocenters. The normalized spacial score (nSPS) is 22.9. The predicted octanol–water partition coefficient (Wildman–Crippen LogP) is 3.35. The largest absolute Gasteiger partial charge is 0.497 e. The number of esters is 1. The fourth-order valence-electron chi connectivity index (χ4n) is 5.63. The SMILES string of the molecule is CCOC(=O)[C@@]12CN(C(=O)OC(C)(C)C)CC=C1N(Cc1ccc(OC)cc1)C(=O)[C@H]2CC(=O)N1CCCC1. The average molecular weight is 542 g/mol. The lowest BCUT2D eigenvalue weighted by Crippen LogP contribution is -2.54. The van der Waals surface area contributed by atoms with Crippen molar-refractivity contribution in [1.29, 1.82) is 0 Å². The first-order valence-corrected chi connectivity index (χ1v) is 13.6. The number of hydrogen-bond acceptors (Lipinski definition) is 7. The van der Waals surface area contributed by atoms with Gasteiger partial charge in [-0.25, -0.2) is 4.79 Å². The van der Waals surface area contributed by atoms with E-state index < -0.39 is 29.0 Å². The van der Waals surface area contributed by atoms with Crippen molar-refractivity contribution in [2.45, 2.75) is 59.1 Å². The standard InChI is InChI=1S/C29H39N3O7/c1-6-38-26(35)29-19-31(27(36)39-28(2,3)4)16-13-23(29)32(18-20-9-11-21(37-5)12-10-20)25(34)22(29)17-24(33)30-14-7-8-15-30/h9-13,22H,6-8,14-19H2,1-5H3/t22-,29-/m1/s1. The van der Waals surface area contributed by atoms with E-state index in [1.54, 1.807) is 50.7 Å². The van der Waals surface area contributed by atoms with Gasteiger partial charge in [0.05, 0.1) is 26.2 Å². The zero-order valence-corrected chi connectivity index (χ0v) is 23.5. The minimum absolute atomic E-state index is 0.0970. The summed E-state index contributed by atoms with van der Waals surface area (Å²) < 4.78 is 16.4. The van der Waals surface area contributed by atoms with Gasteiger partial charge in [0.1, 0.15) is 16.8 Å². The molecule has 3 aliphatic rings. The highest BCUT2D eigenvalue weighted by molar-refractivity contribution is 5.99. The van der Waals surface area contributed by atoms with Crippen LogP contribution < -0.4 is 4.74 Å². The van der Waals surface area contributed by atoms with Crippen LogP contribution in [0.25, 0.3) is 0 Å². The maximum atomic E-state index is 14.1. The average Bonchev–Trinajstić information content (AvgIpc) is 3.51. The Morgan fingerprint density at radius 2 is 1.72 bits per heavy atom. The molecule has 0 aromatic heterocycles. The Hall–Kier alpha value is -3.56. The van der Waals surface area contributed by atoms with E-state index in [2.05, 4.69) is 0 Å². The molecule has 3 aliphatic heterocycles. The Balaban J connectivity index is 1.75. The fraction of sp³-hybridized carbons (Fsp3) is 0.586. The topological polar surface area (TPSA) is 106 Å². The quantitative estimate of drug-likeness (QED) is 0.488. The second-order valence-electron chi connectivity index (χ2n) is 11.3. The Morgan fingerprint density at radius 3 is 2.31 bits per heavy atom. The molecule has 0 aliphatic carbocycles. The van der Waals surface area contributed by atoms with Crippen molar-refractivity contribution in [3.05, 3.63) is 41.6 Å². The predicted molar refractivity (Wildman–Crippen MR) is 142 cm³/mol. The number of carbonyl (C=O) groups excluding carboxylic acids is 4. The maximum Gasteiger partial charge on any atom is 0.410 e. The first kappa shape index (κ1) is 28.4. The Morgan fingerprint density at radius 1 is 1.05 bits per heavy atom. The number of amides is 3. The van der Waals surface area contributed by atoms with Gasteiger partial charge in [-0.2, -0.15) is 0 Å². The molecule has 0 N–H and O–H groups in total. The molecule has 2 saturated heterocycles. The van der Waals surface area contributed by atoms with E-state index in [4.69, 9.17) is 14.2 Å². The summed E-state index contributed by atoms with van der Waals surface area (Å²) in [5.74, 6) is -1.45. The lowest BCUT2D eigenvalue weighted by atomic mass is 9.71. The molecule has 212 valence electrons. The third-order valence-electron chi connectivity index (χ3n) is 7.48. The van der Waals surface area contributed by atoms with E-state index in [1.807, 2.05) is 24.3 Å². The Labute approximate surface area is 229 Å². The number of hydrogen-bond donors (Lipinski definition) is 0. The highest BCUT2D eigenvalue weighted by Crippen LogP contribution is 2.51. The molecule has 4 rings (SSSR count). The zero-order valence-electron chi connectivity index (χ0n) is 23.5. The zero-order chi connectivity index (χ0) is 28.4. The summed E-state index contributed by atoms with van der Waals surface area (Å²) in [5, 5.41) is 0. The molecule has 39 heavy (non-hydrogen) atoms. The van der Waals surface area contributed by atoms with E-state index in [0.717, 1.165) is 18.4 Å². The highest BCUT2D eigenvalue weighted by atomic mass is 16.6. The van der Waals surface area contributed by atoms with E-state index >= 15 is 0 Å². The molecule has 0 saturated carbocycles. The van der Waals surface area contributed by atoms with Crippen molar-refractivity contribution in [1.82, 2.24) is 14.7 Å². The molecular formula is C29H39N3O7. The molecule has 1 aromatic rings. The third-order valence-corrected chi connectivity index (χ3v) is 7.48. The van der Waals surface area contributed by atoms with Gasteiger partial charge in [-0.15, -0.1) is 0 Å². The molecule has 0 spiro atoms. The van der Waals surface area contributed by atoms with Crippen molar-refractivity contribution in [3.63, 3.8) is 0 Å². The number of nitrogens with zero attached hydrogens (tertiary/aromatic N) is 3. The molecular weight excluding hydrogens is 502 g/mol. The van der Waals surface area contributed by atoms with Gasteiger partial charge in [0.2, 0.25) is 11.8 Å². The van der Waals surface area contributed by atoms with Crippen LogP contribution in [0.2, 0.25) is 0 Å². The Kier molecular flexibility index (Phi) is 8.23. The summed E-state index contributed by atoms with van der Waals surface area (Å²) in [5.41, 5.74) is -0.955. The first-order chi connectivity index (χ1) is 18.5. The van der Waals surface area contributed by atoms with Gasteiger partial charge in [0.15, 0.2) is 0 Å². The van der Waals surface area contributed by atoms with Gasteiger partial charge >= 0.3 is 12.1 Å². The van der Waals surface area contributed by atoms with Gasteiger partial charge in [0, 0.05) is 38.3 Å². The molecule has 3 heterocycles. The van der Waals surface area contributed by atoms with Crippen LogP contribution in [-0.4, -0.2) is 84.1 Å². The third kappa shape index (κ3) is 5.74. The molecule has 0 radical (unpaired) electrons. The van der Waals surface area contributed by atoms with E-state index in [-0.39, 0.29) is 44.5 Å². The van der Waals surface area contributed by atoms with Crippen LogP contribution in [0.5, 0.6) is 5.75 Å². The van der Waals surface area contributed by atoms with Gasteiger partial charge < -0.3 is 28.9 Å². The van der Waals surface area contributed by atoms with Gasteiger partial charge in [-0.1, -0.05) is 12.1 Å².